The Balaban J connectivity index is 1.77. The fraction of sp³-hybridized carbons (Fsp3) is 0.647. The van der Waals surface area contributed by atoms with Gasteiger partial charge in [0.2, 0.25) is 0 Å². The van der Waals surface area contributed by atoms with Gasteiger partial charge in [-0.25, -0.2) is 0 Å². The van der Waals surface area contributed by atoms with Crippen LogP contribution in [0.15, 0.2) is 12.1 Å². The predicted octanol–water partition coefficient (Wildman–Crippen LogP) is 2.12. The maximum absolute atomic E-state index is 10.1. The molecule has 2 rings (SSSR count). The van der Waals surface area contributed by atoms with Crippen molar-refractivity contribution < 1.29 is 14.6 Å². The van der Waals surface area contributed by atoms with Crippen LogP contribution in [0.3, 0.4) is 0 Å². The maximum Gasteiger partial charge on any atom is 0.125 e. The minimum Gasteiger partial charge on any atom is -0.490 e. The Morgan fingerprint density at radius 2 is 1.86 bits per heavy atom. The number of benzene rings is 1. The number of rotatable bonds is 6. The summed E-state index contributed by atoms with van der Waals surface area (Å²) in [5.41, 5.74) is 3.48. The van der Waals surface area contributed by atoms with Crippen LogP contribution in [-0.2, 0) is 4.74 Å². The standard InChI is InChI=1S/C17H27NO3/c1-12-8-13(2)17(14(3)9-12)21-11-16(19)10-18-15-4-6-20-7-5-15/h8-9,15-16,18-19H,4-7,10-11H2,1-3H3. The highest BCUT2D eigenvalue weighted by Crippen LogP contribution is 2.24. The van der Waals surface area contributed by atoms with E-state index in [9.17, 15) is 5.11 Å². The van der Waals surface area contributed by atoms with Gasteiger partial charge in [0, 0.05) is 25.8 Å². The van der Waals surface area contributed by atoms with Crippen molar-refractivity contribution in [3.63, 3.8) is 0 Å². The number of nitrogens with one attached hydrogen (secondary N) is 1. The summed E-state index contributed by atoms with van der Waals surface area (Å²) < 4.78 is 11.1. The summed E-state index contributed by atoms with van der Waals surface area (Å²) in [5.74, 6) is 0.894. The van der Waals surface area contributed by atoms with Crippen LogP contribution in [0, 0.1) is 20.8 Å². The van der Waals surface area contributed by atoms with E-state index in [1.807, 2.05) is 13.8 Å². The molecule has 1 fully saturated rings. The summed E-state index contributed by atoms with van der Waals surface area (Å²) in [7, 11) is 0. The quantitative estimate of drug-likeness (QED) is 0.843. The first-order valence-corrected chi connectivity index (χ1v) is 7.76. The van der Waals surface area contributed by atoms with Crippen molar-refractivity contribution in [2.45, 2.75) is 45.8 Å². The van der Waals surface area contributed by atoms with Gasteiger partial charge in [0.05, 0.1) is 0 Å². The molecular formula is C17H27NO3. The minimum absolute atomic E-state index is 0.320. The van der Waals surface area contributed by atoms with Gasteiger partial charge in [0.1, 0.15) is 18.5 Å². The molecule has 0 bridgehead atoms. The summed E-state index contributed by atoms with van der Waals surface area (Å²) in [6.07, 6.45) is 1.54. The molecule has 1 aliphatic heterocycles. The Hall–Kier alpha value is -1.10. The van der Waals surface area contributed by atoms with Gasteiger partial charge < -0.3 is 19.9 Å². The Kier molecular flexibility index (Phi) is 6.03. The van der Waals surface area contributed by atoms with Crippen LogP contribution in [0.1, 0.15) is 29.5 Å². The Morgan fingerprint density at radius 3 is 2.48 bits per heavy atom. The van der Waals surface area contributed by atoms with E-state index in [0.717, 1.165) is 42.9 Å². The number of hydrogen-bond acceptors (Lipinski definition) is 4. The van der Waals surface area contributed by atoms with Gasteiger partial charge in [-0.15, -0.1) is 0 Å². The van der Waals surface area contributed by atoms with Gasteiger partial charge in [-0.1, -0.05) is 17.7 Å². The average molecular weight is 293 g/mol. The van der Waals surface area contributed by atoms with Gasteiger partial charge >= 0.3 is 0 Å². The van der Waals surface area contributed by atoms with Gasteiger partial charge in [-0.05, 0) is 44.7 Å². The molecule has 0 aliphatic carbocycles. The molecule has 1 heterocycles. The lowest BCUT2D eigenvalue weighted by atomic mass is 10.1. The molecule has 0 saturated carbocycles. The van der Waals surface area contributed by atoms with Crippen LogP contribution < -0.4 is 10.1 Å². The highest BCUT2D eigenvalue weighted by atomic mass is 16.5. The molecule has 0 amide bonds. The molecule has 1 aliphatic rings. The van der Waals surface area contributed by atoms with Crippen molar-refractivity contribution in [1.29, 1.82) is 0 Å². The van der Waals surface area contributed by atoms with Crippen LogP contribution >= 0.6 is 0 Å². The van der Waals surface area contributed by atoms with Crippen LogP contribution in [0.25, 0.3) is 0 Å². The second-order valence-corrected chi connectivity index (χ2v) is 5.99. The molecule has 2 N–H and O–H groups in total. The lowest BCUT2D eigenvalue weighted by Gasteiger charge is -2.24. The highest BCUT2D eigenvalue weighted by molar-refractivity contribution is 5.42. The van der Waals surface area contributed by atoms with E-state index in [0.29, 0.717) is 19.2 Å². The van der Waals surface area contributed by atoms with Gasteiger partial charge in [-0.3, -0.25) is 0 Å². The summed E-state index contributed by atoms with van der Waals surface area (Å²) in [6.45, 7) is 8.67. The Labute approximate surface area is 127 Å². The molecule has 0 spiro atoms. The number of aliphatic hydroxyl groups excluding tert-OH is 1. The summed E-state index contributed by atoms with van der Waals surface area (Å²) in [6, 6.07) is 4.67. The molecule has 4 nitrogen and oxygen atoms in total. The molecular weight excluding hydrogens is 266 g/mol. The molecule has 0 radical (unpaired) electrons. The van der Waals surface area contributed by atoms with E-state index in [-0.39, 0.29) is 0 Å². The molecule has 1 aromatic carbocycles. The zero-order chi connectivity index (χ0) is 15.2. The van der Waals surface area contributed by atoms with E-state index < -0.39 is 6.10 Å². The third-order valence-electron chi connectivity index (χ3n) is 3.89. The predicted molar refractivity (Wildman–Crippen MR) is 84.0 cm³/mol. The van der Waals surface area contributed by atoms with Crippen molar-refractivity contribution in [2.24, 2.45) is 0 Å². The second-order valence-electron chi connectivity index (χ2n) is 5.99. The van der Waals surface area contributed by atoms with E-state index in [4.69, 9.17) is 9.47 Å². The van der Waals surface area contributed by atoms with E-state index in [2.05, 4.69) is 24.4 Å². The SMILES string of the molecule is Cc1cc(C)c(OCC(O)CNC2CCOCC2)c(C)c1. The van der Waals surface area contributed by atoms with Gasteiger partial charge in [0.25, 0.3) is 0 Å². The maximum atomic E-state index is 10.1. The topological polar surface area (TPSA) is 50.7 Å². The minimum atomic E-state index is -0.493. The van der Waals surface area contributed by atoms with Gasteiger partial charge in [-0.2, -0.15) is 0 Å². The monoisotopic (exact) mass is 293 g/mol. The number of hydrogen-bond donors (Lipinski definition) is 2. The van der Waals surface area contributed by atoms with Crippen LogP contribution in [-0.4, -0.2) is 43.6 Å². The first-order chi connectivity index (χ1) is 10.1. The zero-order valence-corrected chi connectivity index (χ0v) is 13.3. The lowest BCUT2D eigenvalue weighted by molar-refractivity contribution is 0.0653. The van der Waals surface area contributed by atoms with Crippen molar-refractivity contribution in [3.8, 4) is 5.75 Å². The van der Waals surface area contributed by atoms with E-state index in [1.165, 1.54) is 5.56 Å². The normalized spacial score (nSPS) is 17.7. The first kappa shape index (κ1) is 16.3. The molecule has 1 atom stereocenters. The van der Waals surface area contributed by atoms with Crippen molar-refractivity contribution in [3.05, 3.63) is 28.8 Å². The number of aryl methyl sites for hydroxylation is 3. The third kappa shape index (κ3) is 4.99. The summed E-state index contributed by atoms with van der Waals surface area (Å²) >= 11 is 0. The van der Waals surface area contributed by atoms with Crippen molar-refractivity contribution in [2.75, 3.05) is 26.4 Å². The molecule has 1 aromatic rings. The fourth-order valence-electron chi connectivity index (χ4n) is 2.84. The number of aliphatic hydroxyl groups is 1. The average Bonchev–Trinajstić information content (AvgIpc) is 2.45. The third-order valence-corrected chi connectivity index (χ3v) is 3.89. The molecule has 4 heteroatoms. The smallest absolute Gasteiger partial charge is 0.125 e. The highest BCUT2D eigenvalue weighted by Gasteiger charge is 2.15. The first-order valence-electron chi connectivity index (χ1n) is 7.76. The number of ether oxygens (including phenoxy) is 2. The Bertz CT molecular complexity index is 432. The largest absolute Gasteiger partial charge is 0.490 e. The summed E-state index contributed by atoms with van der Waals surface area (Å²) in [4.78, 5) is 0. The van der Waals surface area contributed by atoms with Crippen LogP contribution in [0.4, 0.5) is 0 Å². The van der Waals surface area contributed by atoms with Crippen molar-refractivity contribution in [1.82, 2.24) is 5.32 Å². The Morgan fingerprint density at radius 1 is 1.24 bits per heavy atom. The molecule has 1 unspecified atom stereocenters. The molecule has 21 heavy (non-hydrogen) atoms. The molecule has 0 aromatic heterocycles. The lowest BCUT2D eigenvalue weighted by Crippen LogP contribution is -2.40. The molecule has 1 saturated heterocycles. The summed E-state index contributed by atoms with van der Waals surface area (Å²) in [5, 5.41) is 13.4. The molecule has 118 valence electrons. The van der Waals surface area contributed by atoms with Gasteiger partial charge in [0.15, 0.2) is 0 Å². The van der Waals surface area contributed by atoms with E-state index in [1.54, 1.807) is 0 Å². The van der Waals surface area contributed by atoms with Crippen molar-refractivity contribution >= 4 is 0 Å². The fourth-order valence-corrected chi connectivity index (χ4v) is 2.84. The van der Waals surface area contributed by atoms with Crippen LogP contribution in [0.2, 0.25) is 0 Å². The zero-order valence-electron chi connectivity index (χ0n) is 13.3. The van der Waals surface area contributed by atoms with E-state index >= 15 is 0 Å². The second kappa shape index (κ2) is 7.78. The van der Waals surface area contributed by atoms with Crippen LogP contribution in [0.5, 0.6) is 5.75 Å².